The van der Waals surface area contributed by atoms with Gasteiger partial charge in [0.15, 0.2) is 0 Å². The Morgan fingerprint density at radius 1 is 1.37 bits per heavy atom. The number of ether oxygens (including phenoxy) is 3. The van der Waals surface area contributed by atoms with Gasteiger partial charge < -0.3 is 19.3 Å². The maximum absolute atomic E-state index is 12.0. The van der Waals surface area contributed by atoms with Gasteiger partial charge in [0.2, 0.25) is 0 Å². The van der Waals surface area contributed by atoms with E-state index in [2.05, 4.69) is 27.4 Å². The van der Waals surface area contributed by atoms with Crippen LogP contribution in [-0.4, -0.2) is 46.7 Å². The van der Waals surface area contributed by atoms with E-state index in [-0.39, 0.29) is 41.7 Å². The van der Waals surface area contributed by atoms with Crippen molar-refractivity contribution in [3.63, 3.8) is 0 Å². The number of esters is 1. The van der Waals surface area contributed by atoms with Crippen molar-refractivity contribution in [2.45, 2.75) is 95.9 Å². The monoisotopic (exact) mass is 378 g/mol. The molecule has 0 amide bonds. The van der Waals surface area contributed by atoms with Crippen LogP contribution in [0.1, 0.15) is 60.3 Å². The lowest BCUT2D eigenvalue weighted by atomic mass is 9.59. The van der Waals surface area contributed by atoms with Crippen LogP contribution in [-0.2, 0) is 19.0 Å². The van der Waals surface area contributed by atoms with E-state index >= 15 is 0 Å². The fourth-order valence-electron chi connectivity index (χ4n) is 6.34. The Morgan fingerprint density at radius 3 is 2.70 bits per heavy atom. The number of hydrogen-bond acceptors (Lipinski definition) is 5. The number of hydrogen-bond donors (Lipinski definition) is 1. The molecule has 0 aromatic carbocycles. The summed E-state index contributed by atoms with van der Waals surface area (Å²) in [6.07, 6.45) is 2.27. The zero-order valence-electron chi connectivity index (χ0n) is 17.2. The number of rotatable bonds is 2. The molecule has 152 valence electrons. The highest BCUT2D eigenvalue weighted by Crippen LogP contribution is 2.64. The number of aliphatic hydroxyl groups excluding tert-OH is 1. The standard InChI is InChI=1S/C22H34O5/c1-11(2)14-10-17-22(6,27-17)19-16-9-12(3)15(24)7-8-21(5,26-13(4)23)20(25-16)18(14)19/h11,14-20,24H,3,7-10H2,1-2,4-6H3. The highest BCUT2D eigenvalue weighted by atomic mass is 16.6. The molecule has 4 fully saturated rings. The quantitative estimate of drug-likeness (QED) is 0.454. The molecule has 1 N–H and O–H groups in total. The summed E-state index contributed by atoms with van der Waals surface area (Å²) in [4.78, 5) is 12.0. The lowest BCUT2D eigenvalue weighted by Gasteiger charge is -2.45. The van der Waals surface area contributed by atoms with Crippen LogP contribution in [0.15, 0.2) is 12.2 Å². The summed E-state index contributed by atoms with van der Waals surface area (Å²) in [5.41, 5.74) is -0.101. The molecule has 4 aliphatic rings. The number of carbonyl (C=O) groups is 1. The first-order valence-corrected chi connectivity index (χ1v) is 10.5. The summed E-state index contributed by atoms with van der Waals surface area (Å²) in [6.45, 7) is 14.3. The van der Waals surface area contributed by atoms with Gasteiger partial charge >= 0.3 is 5.97 Å². The van der Waals surface area contributed by atoms with Gasteiger partial charge in [-0.1, -0.05) is 20.4 Å². The van der Waals surface area contributed by atoms with Crippen molar-refractivity contribution in [2.24, 2.45) is 23.7 Å². The first kappa shape index (κ1) is 19.4. The van der Waals surface area contributed by atoms with Crippen LogP contribution in [0, 0.1) is 23.7 Å². The summed E-state index contributed by atoms with van der Waals surface area (Å²) in [6, 6.07) is 0. The Morgan fingerprint density at radius 2 is 2.07 bits per heavy atom. The summed E-state index contributed by atoms with van der Waals surface area (Å²) >= 11 is 0. The highest BCUT2D eigenvalue weighted by molar-refractivity contribution is 5.66. The molecule has 3 aliphatic heterocycles. The van der Waals surface area contributed by atoms with Crippen LogP contribution < -0.4 is 0 Å². The van der Waals surface area contributed by atoms with Crippen molar-refractivity contribution in [1.82, 2.24) is 0 Å². The molecule has 0 radical (unpaired) electrons. The van der Waals surface area contributed by atoms with Gasteiger partial charge in [-0.05, 0) is 56.9 Å². The second-order valence-electron chi connectivity index (χ2n) is 9.96. The van der Waals surface area contributed by atoms with Crippen molar-refractivity contribution >= 4 is 5.97 Å². The van der Waals surface area contributed by atoms with Crippen molar-refractivity contribution in [3.05, 3.63) is 12.2 Å². The predicted octanol–water partition coefficient (Wildman–Crippen LogP) is 3.24. The minimum Gasteiger partial charge on any atom is -0.457 e. The maximum atomic E-state index is 12.0. The van der Waals surface area contributed by atoms with Gasteiger partial charge in [0.1, 0.15) is 11.7 Å². The van der Waals surface area contributed by atoms with Crippen LogP contribution >= 0.6 is 0 Å². The predicted molar refractivity (Wildman–Crippen MR) is 101 cm³/mol. The van der Waals surface area contributed by atoms with E-state index in [0.29, 0.717) is 31.1 Å². The van der Waals surface area contributed by atoms with E-state index in [0.717, 1.165) is 12.0 Å². The van der Waals surface area contributed by atoms with Gasteiger partial charge in [0, 0.05) is 18.8 Å². The molecule has 1 aliphatic carbocycles. The third-order valence-corrected chi connectivity index (χ3v) is 7.79. The largest absolute Gasteiger partial charge is 0.457 e. The van der Waals surface area contributed by atoms with Crippen LogP contribution in [0.2, 0.25) is 0 Å². The topological polar surface area (TPSA) is 68.3 Å². The Labute approximate surface area is 162 Å². The minimum absolute atomic E-state index is 0.0494. The van der Waals surface area contributed by atoms with Gasteiger partial charge in [-0.25, -0.2) is 0 Å². The van der Waals surface area contributed by atoms with Crippen molar-refractivity contribution in [1.29, 1.82) is 0 Å². The lowest BCUT2D eigenvalue weighted by Crippen LogP contribution is -2.53. The summed E-state index contributed by atoms with van der Waals surface area (Å²) in [7, 11) is 0. The molecule has 0 aromatic heterocycles. The molecular weight excluding hydrogens is 344 g/mol. The van der Waals surface area contributed by atoms with E-state index in [1.54, 1.807) is 0 Å². The van der Waals surface area contributed by atoms with Crippen LogP contribution in [0.4, 0.5) is 0 Å². The molecule has 2 bridgehead atoms. The van der Waals surface area contributed by atoms with Gasteiger partial charge in [-0.2, -0.15) is 0 Å². The van der Waals surface area contributed by atoms with Crippen LogP contribution in [0.5, 0.6) is 0 Å². The Hall–Kier alpha value is -0.910. The van der Waals surface area contributed by atoms with Gasteiger partial charge in [-0.3, -0.25) is 4.79 Å². The first-order valence-electron chi connectivity index (χ1n) is 10.5. The van der Waals surface area contributed by atoms with E-state index in [1.807, 2.05) is 6.92 Å². The normalized spacial score (nSPS) is 51.7. The molecule has 5 nitrogen and oxygen atoms in total. The zero-order chi connectivity index (χ0) is 19.7. The summed E-state index contributed by atoms with van der Waals surface area (Å²) in [5, 5.41) is 10.6. The third kappa shape index (κ3) is 2.97. The SMILES string of the molecule is C=C1CC2OC(C3C(C(C)C)CC4OC4(C)C23)C(C)(OC(C)=O)CCC1O. The summed E-state index contributed by atoms with van der Waals surface area (Å²) in [5.74, 6) is 1.21. The average molecular weight is 379 g/mol. The molecule has 9 atom stereocenters. The molecular formula is C22H34O5. The second-order valence-corrected chi connectivity index (χ2v) is 9.96. The number of fused-ring (bicyclic) bond motifs is 7. The van der Waals surface area contributed by atoms with Crippen LogP contribution in [0.3, 0.4) is 0 Å². The Bertz CT molecular complexity index is 645. The Balaban J connectivity index is 1.78. The van der Waals surface area contributed by atoms with Gasteiger partial charge in [0.05, 0.1) is 23.9 Å². The van der Waals surface area contributed by atoms with E-state index in [9.17, 15) is 9.90 Å². The van der Waals surface area contributed by atoms with Gasteiger partial charge in [-0.15, -0.1) is 0 Å². The molecule has 9 unspecified atom stereocenters. The molecule has 5 heteroatoms. The van der Waals surface area contributed by atoms with E-state index < -0.39 is 11.7 Å². The molecule has 0 aromatic rings. The van der Waals surface area contributed by atoms with Crippen molar-refractivity contribution in [2.75, 3.05) is 0 Å². The average Bonchev–Trinajstić information content (AvgIpc) is 3.07. The smallest absolute Gasteiger partial charge is 0.303 e. The zero-order valence-corrected chi connectivity index (χ0v) is 17.2. The molecule has 27 heavy (non-hydrogen) atoms. The molecule has 0 spiro atoms. The van der Waals surface area contributed by atoms with E-state index in [4.69, 9.17) is 14.2 Å². The van der Waals surface area contributed by atoms with Crippen molar-refractivity contribution < 1.29 is 24.1 Å². The Kier molecular flexibility index (Phi) is 4.53. The minimum atomic E-state index is -0.750. The number of epoxide rings is 1. The second kappa shape index (κ2) is 6.30. The van der Waals surface area contributed by atoms with Gasteiger partial charge in [0.25, 0.3) is 0 Å². The fraction of sp³-hybridized carbons (Fsp3) is 0.864. The maximum Gasteiger partial charge on any atom is 0.303 e. The third-order valence-electron chi connectivity index (χ3n) is 7.79. The molecule has 3 heterocycles. The lowest BCUT2D eigenvalue weighted by molar-refractivity contribution is -0.179. The van der Waals surface area contributed by atoms with Crippen LogP contribution in [0.25, 0.3) is 0 Å². The van der Waals surface area contributed by atoms with Crippen molar-refractivity contribution in [3.8, 4) is 0 Å². The number of aliphatic hydroxyl groups is 1. The summed E-state index contributed by atoms with van der Waals surface area (Å²) < 4.78 is 18.8. The van der Waals surface area contributed by atoms with E-state index in [1.165, 1.54) is 6.92 Å². The molecule has 1 saturated carbocycles. The molecule has 3 saturated heterocycles. The fourth-order valence-corrected chi connectivity index (χ4v) is 6.34. The highest BCUT2D eigenvalue weighted by Gasteiger charge is 2.72. The first-order chi connectivity index (χ1) is 12.6. The number of carbonyl (C=O) groups excluding carboxylic acids is 1. The molecule has 4 rings (SSSR count).